The third kappa shape index (κ3) is 4.57. The minimum absolute atomic E-state index is 0.0387. The van der Waals surface area contributed by atoms with Crippen molar-refractivity contribution in [1.82, 2.24) is 4.90 Å². The van der Waals surface area contributed by atoms with Gasteiger partial charge >= 0.3 is 0 Å². The van der Waals surface area contributed by atoms with Crippen molar-refractivity contribution in [3.63, 3.8) is 0 Å². The van der Waals surface area contributed by atoms with E-state index >= 15 is 0 Å². The van der Waals surface area contributed by atoms with E-state index in [1.54, 1.807) is 24.1 Å². The highest BCUT2D eigenvalue weighted by molar-refractivity contribution is 6.30. The number of hydrogen-bond acceptors (Lipinski definition) is 3. The summed E-state index contributed by atoms with van der Waals surface area (Å²) in [5.74, 6) is 0.714. The zero-order valence-corrected chi connectivity index (χ0v) is 15.9. The Balaban J connectivity index is 1.61. The summed E-state index contributed by atoms with van der Waals surface area (Å²) < 4.78 is 11.3. The summed E-state index contributed by atoms with van der Waals surface area (Å²) in [6.07, 6.45) is 2.32. The van der Waals surface area contributed by atoms with Crippen molar-refractivity contribution in [2.24, 2.45) is 0 Å². The number of ether oxygens (including phenoxy) is 2. The van der Waals surface area contributed by atoms with E-state index in [1.165, 1.54) is 0 Å². The van der Waals surface area contributed by atoms with E-state index in [9.17, 15) is 4.79 Å². The molecule has 1 amide bonds. The van der Waals surface area contributed by atoms with E-state index in [0.29, 0.717) is 17.2 Å². The predicted octanol–water partition coefficient (Wildman–Crippen LogP) is 4.73. The second-order valence-electron chi connectivity index (χ2n) is 6.62. The Morgan fingerprint density at radius 1 is 1.31 bits per heavy atom. The lowest BCUT2D eigenvalue weighted by Gasteiger charge is -2.25. The van der Waals surface area contributed by atoms with Gasteiger partial charge in [-0.15, -0.1) is 0 Å². The lowest BCUT2D eigenvalue weighted by molar-refractivity contribution is 0.0678. The maximum atomic E-state index is 12.8. The van der Waals surface area contributed by atoms with Crippen LogP contribution in [0, 0.1) is 0 Å². The second kappa shape index (κ2) is 8.56. The van der Waals surface area contributed by atoms with Gasteiger partial charge in [0.05, 0.1) is 12.1 Å². The van der Waals surface area contributed by atoms with E-state index < -0.39 is 0 Å². The summed E-state index contributed by atoms with van der Waals surface area (Å²) in [5, 5.41) is 0.669. The molecule has 2 unspecified atom stereocenters. The number of benzene rings is 2. The molecule has 0 spiro atoms. The molecule has 2 atom stereocenters. The third-order valence-electron chi connectivity index (χ3n) is 4.79. The van der Waals surface area contributed by atoms with Gasteiger partial charge in [-0.25, -0.2) is 0 Å². The van der Waals surface area contributed by atoms with Crippen molar-refractivity contribution >= 4 is 17.5 Å². The lowest BCUT2D eigenvalue weighted by atomic mass is 10.1. The number of amides is 1. The Kier molecular flexibility index (Phi) is 6.17. The third-order valence-corrected chi connectivity index (χ3v) is 5.03. The first kappa shape index (κ1) is 18.7. The molecule has 138 valence electrons. The van der Waals surface area contributed by atoms with Crippen LogP contribution in [0.3, 0.4) is 0 Å². The van der Waals surface area contributed by atoms with E-state index in [4.69, 9.17) is 21.1 Å². The summed E-state index contributed by atoms with van der Waals surface area (Å²) in [5.41, 5.74) is 1.63. The number of halogens is 1. The molecule has 2 aromatic carbocycles. The van der Waals surface area contributed by atoms with Crippen LogP contribution in [0.2, 0.25) is 5.02 Å². The van der Waals surface area contributed by atoms with Crippen LogP contribution in [-0.4, -0.2) is 37.2 Å². The fraction of sp³-hybridized carbons (Fsp3) is 0.381. The molecule has 2 aromatic rings. The van der Waals surface area contributed by atoms with Crippen LogP contribution in [0.1, 0.15) is 41.7 Å². The van der Waals surface area contributed by atoms with Gasteiger partial charge in [0.1, 0.15) is 12.4 Å². The Labute approximate surface area is 159 Å². The van der Waals surface area contributed by atoms with E-state index in [1.807, 2.05) is 43.3 Å². The monoisotopic (exact) mass is 373 g/mol. The standard InChI is InChI=1S/C21H24ClNO3/c1-15(17-5-3-6-18(22)13-17)23(2)21(24)16-8-10-19(11-9-16)26-14-20-7-4-12-25-20/h3,5-6,8-11,13,15,20H,4,7,12,14H2,1-2H3. The second-order valence-corrected chi connectivity index (χ2v) is 7.05. The Morgan fingerprint density at radius 2 is 2.08 bits per heavy atom. The first-order valence-corrected chi connectivity index (χ1v) is 9.29. The van der Waals surface area contributed by atoms with Gasteiger partial charge in [-0.2, -0.15) is 0 Å². The maximum Gasteiger partial charge on any atom is 0.254 e. The maximum absolute atomic E-state index is 12.8. The molecule has 1 saturated heterocycles. The average Bonchev–Trinajstić information content (AvgIpc) is 3.18. The van der Waals surface area contributed by atoms with Crippen molar-refractivity contribution in [3.05, 3.63) is 64.7 Å². The summed E-state index contributed by atoms with van der Waals surface area (Å²) in [4.78, 5) is 14.5. The van der Waals surface area contributed by atoms with Crippen LogP contribution in [0.25, 0.3) is 0 Å². The largest absolute Gasteiger partial charge is 0.491 e. The molecule has 5 heteroatoms. The van der Waals surface area contributed by atoms with Gasteiger partial charge in [0.15, 0.2) is 0 Å². The number of rotatable bonds is 6. The van der Waals surface area contributed by atoms with Gasteiger partial charge in [0, 0.05) is 24.2 Å². The summed E-state index contributed by atoms with van der Waals surface area (Å²) >= 11 is 6.06. The summed E-state index contributed by atoms with van der Waals surface area (Å²) in [6, 6.07) is 14.8. The van der Waals surface area contributed by atoms with Crippen molar-refractivity contribution in [1.29, 1.82) is 0 Å². The molecule has 1 fully saturated rings. The fourth-order valence-electron chi connectivity index (χ4n) is 3.03. The van der Waals surface area contributed by atoms with Gasteiger partial charge < -0.3 is 14.4 Å². The predicted molar refractivity (Wildman–Crippen MR) is 103 cm³/mol. The first-order valence-electron chi connectivity index (χ1n) is 8.91. The topological polar surface area (TPSA) is 38.8 Å². The number of hydrogen-bond donors (Lipinski definition) is 0. The van der Waals surface area contributed by atoms with E-state index in [2.05, 4.69) is 0 Å². The molecule has 0 aliphatic carbocycles. The Morgan fingerprint density at radius 3 is 2.73 bits per heavy atom. The Bertz CT molecular complexity index is 741. The molecule has 0 radical (unpaired) electrons. The zero-order valence-electron chi connectivity index (χ0n) is 15.2. The van der Waals surface area contributed by atoms with Gasteiger partial charge in [-0.3, -0.25) is 4.79 Å². The molecule has 1 heterocycles. The first-order chi connectivity index (χ1) is 12.5. The minimum Gasteiger partial charge on any atom is -0.491 e. The van der Waals surface area contributed by atoms with Gasteiger partial charge in [-0.05, 0) is 61.7 Å². The molecule has 3 rings (SSSR count). The van der Waals surface area contributed by atoms with Crippen LogP contribution in [-0.2, 0) is 4.74 Å². The highest BCUT2D eigenvalue weighted by atomic mass is 35.5. The van der Waals surface area contributed by atoms with Crippen LogP contribution >= 0.6 is 11.6 Å². The van der Waals surface area contributed by atoms with Crippen LogP contribution < -0.4 is 4.74 Å². The highest BCUT2D eigenvalue weighted by Crippen LogP contribution is 2.24. The average molecular weight is 374 g/mol. The Hall–Kier alpha value is -2.04. The smallest absolute Gasteiger partial charge is 0.254 e. The molecule has 0 bridgehead atoms. The van der Waals surface area contributed by atoms with Crippen molar-refractivity contribution in [2.45, 2.75) is 31.9 Å². The number of nitrogens with zero attached hydrogens (tertiary/aromatic N) is 1. The van der Waals surface area contributed by atoms with Crippen molar-refractivity contribution in [3.8, 4) is 5.75 Å². The molecular weight excluding hydrogens is 350 g/mol. The molecule has 0 N–H and O–H groups in total. The van der Waals surface area contributed by atoms with E-state index in [-0.39, 0.29) is 18.1 Å². The summed E-state index contributed by atoms with van der Waals surface area (Å²) in [6.45, 7) is 3.36. The van der Waals surface area contributed by atoms with E-state index in [0.717, 1.165) is 30.8 Å². The molecule has 1 aliphatic rings. The van der Waals surface area contributed by atoms with Crippen LogP contribution in [0.5, 0.6) is 5.75 Å². The fourth-order valence-corrected chi connectivity index (χ4v) is 3.23. The van der Waals surface area contributed by atoms with Gasteiger partial charge in [-0.1, -0.05) is 23.7 Å². The molecule has 4 nitrogen and oxygen atoms in total. The quantitative estimate of drug-likeness (QED) is 0.734. The molecule has 26 heavy (non-hydrogen) atoms. The van der Waals surface area contributed by atoms with Crippen LogP contribution in [0.4, 0.5) is 0 Å². The number of carbonyl (C=O) groups is 1. The zero-order chi connectivity index (χ0) is 18.5. The molecule has 1 aliphatic heterocycles. The highest BCUT2D eigenvalue weighted by Gasteiger charge is 2.20. The molecule has 0 saturated carbocycles. The van der Waals surface area contributed by atoms with Gasteiger partial charge in [0.2, 0.25) is 0 Å². The SMILES string of the molecule is CC(c1cccc(Cl)c1)N(C)C(=O)c1ccc(OCC2CCCO2)cc1. The van der Waals surface area contributed by atoms with Crippen LogP contribution in [0.15, 0.2) is 48.5 Å². The van der Waals surface area contributed by atoms with Gasteiger partial charge in [0.25, 0.3) is 5.91 Å². The normalized spacial score (nSPS) is 17.7. The van der Waals surface area contributed by atoms with Crippen molar-refractivity contribution < 1.29 is 14.3 Å². The molecular formula is C21H24ClNO3. The minimum atomic E-state index is -0.0726. The molecule has 0 aromatic heterocycles. The lowest BCUT2D eigenvalue weighted by Crippen LogP contribution is -2.29. The summed E-state index contributed by atoms with van der Waals surface area (Å²) in [7, 11) is 1.80. The van der Waals surface area contributed by atoms with Crippen molar-refractivity contribution in [2.75, 3.05) is 20.3 Å². The number of carbonyl (C=O) groups excluding carboxylic acids is 1.